The molecular formula is C16H23ClN2O. The predicted octanol–water partition coefficient (Wildman–Crippen LogP) is 3.15. The first-order valence-electron chi connectivity index (χ1n) is 7.63. The van der Waals surface area contributed by atoms with Crippen LogP contribution in [0.15, 0.2) is 18.2 Å². The van der Waals surface area contributed by atoms with Gasteiger partial charge in [0.1, 0.15) is 5.75 Å². The molecule has 3 nitrogen and oxygen atoms in total. The van der Waals surface area contributed by atoms with Crippen molar-refractivity contribution in [2.75, 3.05) is 6.54 Å². The molecule has 0 spiro atoms. The second-order valence-corrected chi connectivity index (χ2v) is 6.47. The number of aromatic hydroxyl groups is 1. The molecule has 2 bridgehead atoms. The molecule has 2 aliphatic heterocycles. The average molecular weight is 295 g/mol. The molecule has 2 N–H and O–H groups in total. The van der Waals surface area contributed by atoms with Crippen molar-refractivity contribution in [1.29, 1.82) is 0 Å². The minimum absolute atomic E-state index is 0.313. The van der Waals surface area contributed by atoms with Gasteiger partial charge in [0.15, 0.2) is 0 Å². The lowest BCUT2D eigenvalue weighted by atomic mass is 9.97. The summed E-state index contributed by atoms with van der Waals surface area (Å²) in [4.78, 5) is 2.47. The fourth-order valence-electron chi connectivity index (χ4n) is 3.73. The number of benzene rings is 1. The lowest BCUT2D eigenvalue weighted by Crippen LogP contribution is -2.47. The number of hydrogen-bond donors (Lipinski definition) is 2. The Morgan fingerprint density at radius 3 is 2.60 bits per heavy atom. The number of hydrogen-bond acceptors (Lipinski definition) is 3. The van der Waals surface area contributed by atoms with E-state index in [1.165, 1.54) is 25.7 Å². The zero-order chi connectivity index (χ0) is 14.1. The Bertz CT molecular complexity index is 447. The van der Waals surface area contributed by atoms with E-state index in [2.05, 4.69) is 17.1 Å². The van der Waals surface area contributed by atoms with E-state index in [0.29, 0.717) is 28.9 Å². The highest BCUT2D eigenvalue weighted by molar-refractivity contribution is 6.31. The van der Waals surface area contributed by atoms with Gasteiger partial charge in [0.05, 0.1) is 0 Å². The van der Waals surface area contributed by atoms with Crippen LogP contribution < -0.4 is 5.32 Å². The third-order valence-electron chi connectivity index (χ3n) is 4.83. The van der Waals surface area contributed by atoms with Crippen LogP contribution in [0.1, 0.15) is 38.2 Å². The topological polar surface area (TPSA) is 35.5 Å². The molecule has 20 heavy (non-hydrogen) atoms. The number of nitrogens with one attached hydrogen (secondary N) is 1. The fourth-order valence-corrected chi connectivity index (χ4v) is 3.96. The van der Waals surface area contributed by atoms with Gasteiger partial charge in [-0.25, -0.2) is 0 Å². The van der Waals surface area contributed by atoms with Gasteiger partial charge in [0, 0.05) is 35.3 Å². The van der Waals surface area contributed by atoms with Crippen LogP contribution in [0.25, 0.3) is 0 Å². The van der Waals surface area contributed by atoms with Crippen LogP contribution in [0.5, 0.6) is 5.75 Å². The number of piperidine rings is 1. The monoisotopic (exact) mass is 294 g/mol. The third-order valence-corrected chi connectivity index (χ3v) is 5.18. The Labute approximate surface area is 125 Å². The van der Waals surface area contributed by atoms with Crippen molar-refractivity contribution in [3.8, 4) is 5.75 Å². The van der Waals surface area contributed by atoms with E-state index in [1.54, 1.807) is 12.1 Å². The minimum Gasteiger partial charge on any atom is -0.508 e. The highest BCUT2D eigenvalue weighted by Crippen LogP contribution is 2.32. The van der Waals surface area contributed by atoms with Gasteiger partial charge in [0.25, 0.3) is 0 Å². The van der Waals surface area contributed by atoms with Crippen LogP contribution in [0.2, 0.25) is 5.02 Å². The highest BCUT2D eigenvalue weighted by Gasteiger charge is 2.35. The van der Waals surface area contributed by atoms with Crippen molar-refractivity contribution < 1.29 is 5.11 Å². The molecule has 0 saturated carbocycles. The SMILES string of the molecule is CCN(Cc1c(O)cccc1Cl)C1CC2CCC(C1)N2. The standard InChI is InChI=1S/C16H23ClN2O/c1-2-19(10-14-15(17)4-3-5-16(14)20)13-8-11-6-7-12(9-13)18-11/h3-5,11-13,18,20H,2,6-10H2,1H3. The van der Waals surface area contributed by atoms with E-state index < -0.39 is 0 Å². The summed E-state index contributed by atoms with van der Waals surface area (Å²) in [6.07, 6.45) is 5.07. The van der Waals surface area contributed by atoms with Gasteiger partial charge in [-0.1, -0.05) is 24.6 Å². The molecular weight excluding hydrogens is 272 g/mol. The molecule has 3 rings (SSSR count). The van der Waals surface area contributed by atoms with Gasteiger partial charge >= 0.3 is 0 Å². The minimum atomic E-state index is 0.313. The number of phenolic OH excluding ortho intramolecular Hbond substituents is 1. The zero-order valence-corrected chi connectivity index (χ0v) is 12.7. The van der Waals surface area contributed by atoms with Gasteiger partial charge in [0.2, 0.25) is 0 Å². The van der Waals surface area contributed by atoms with Crippen LogP contribution in [0.3, 0.4) is 0 Å². The molecule has 2 atom stereocenters. The van der Waals surface area contributed by atoms with E-state index in [9.17, 15) is 5.11 Å². The van der Waals surface area contributed by atoms with E-state index in [0.717, 1.165) is 18.7 Å². The smallest absolute Gasteiger partial charge is 0.121 e. The summed E-state index contributed by atoms with van der Waals surface area (Å²) < 4.78 is 0. The normalized spacial score (nSPS) is 29.1. The Balaban J connectivity index is 1.74. The second-order valence-electron chi connectivity index (χ2n) is 6.06. The molecule has 0 aromatic heterocycles. The third kappa shape index (κ3) is 2.80. The molecule has 2 unspecified atom stereocenters. The van der Waals surface area contributed by atoms with E-state index in [1.807, 2.05) is 6.07 Å². The molecule has 0 radical (unpaired) electrons. The number of nitrogens with zero attached hydrogens (tertiary/aromatic N) is 1. The summed E-state index contributed by atoms with van der Waals surface area (Å²) in [7, 11) is 0. The molecule has 1 aromatic carbocycles. The largest absolute Gasteiger partial charge is 0.508 e. The summed E-state index contributed by atoms with van der Waals surface area (Å²) in [5, 5.41) is 14.4. The predicted molar refractivity (Wildman–Crippen MR) is 82.2 cm³/mol. The Hall–Kier alpha value is -0.770. The molecule has 2 saturated heterocycles. The molecule has 1 aromatic rings. The number of phenols is 1. The van der Waals surface area contributed by atoms with Gasteiger partial charge in [-0.2, -0.15) is 0 Å². The maximum absolute atomic E-state index is 10.0. The van der Waals surface area contributed by atoms with Crippen molar-refractivity contribution in [2.45, 2.75) is 57.3 Å². The van der Waals surface area contributed by atoms with Gasteiger partial charge in [-0.3, -0.25) is 4.90 Å². The Morgan fingerprint density at radius 2 is 2.00 bits per heavy atom. The quantitative estimate of drug-likeness (QED) is 0.895. The maximum atomic E-state index is 10.0. The first-order chi connectivity index (χ1) is 9.67. The molecule has 110 valence electrons. The van der Waals surface area contributed by atoms with Crippen LogP contribution in [0, 0.1) is 0 Å². The highest BCUT2D eigenvalue weighted by atomic mass is 35.5. The average Bonchev–Trinajstić information content (AvgIpc) is 2.77. The number of rotatable bonds is 4. The van der Waals surface area contributed by atoms with Gasteiger partial charge in [-0.15, -0.1) is 0 Å². The van der Waals surface area contributed by atoms with Crippen LogP contribution >= 0.6 is 11.6 Å². The molecule has 2 aliphatic rings. The van der Waals surface area contributed by atoms with Crippen molar-refractivity contribution in [2.24, 2.45) is 0 Å². The number of fused-ring (bicyclic) bond motifs is 2. The first-order valence-corrected chi connectivity index (χ1v) is 8.01. The lowest BCUT2D eigenvalue weighted by Gasteiger charge is -2.37. The van der Waals surface area contributed by atoms with E-state index in [-0.39, 0.29) is 0 Å². The Morgan fingerprint density at radius 1 is 1.30 bits per heavy atom. The molecule has 2 heterocycles. The second kappa shape index (κ2) is 5.92. The van der Waals surface area contributed by atoms with Crippen molar-refractivity contribution in [1.82, 2.24) is 10.2 Å². The first kappa shape index (κ1) is 14.2. The van der Waals surface area contributed by atoms with Crippen molar-refractivity contribution in [3.05, 3.63) is 28.8 Å². The van der Waals surface area contributed by atoms with E-state index >= 15 is 0 Å². The van der Waals surface area contributed by atoms with Crippen molar-refractivity contribution >= 4 is 11.6 Å². The summed E-state index contributed by atoms with van der Waals surface area (Å²) in [5.41, 5.74) is 0.863. The molecule has 0 aliphatic carbocycles. The van der Waals surface area contributed by atoms with Crippen LogP contribution in [0.4, 0.5) is 0 Å². The molecule has 4 heteroatoms. The van der Waals surface area contributed by atoms with Gasteiger partial charge < -0.3 is 10.4 Å². The Kier molecular flexibility index (Phi) is 4.20. The van der Waals surface area contributed by atoms with Crippen molar-refractivity contribution in [3.63, 3.8) is 0 Å². The van der Waals surface area contributed by atoms with Gasteiger partial charge in [-0.05, 0) is 44.4 Å². The summed E-state index contributed by atoms with van der Waals surface area (Å²) in [6.45, 7) is 3.93. The lowest BCUT2D eigenvalue weighted by molar-refractivity contribution is 0.139. The van der Waals surface area contributed by atoms with Crippen LogP contribution in [-0.2, 0) is 6.54 Å². The maximum Gasteiger partial charge on any atom is 0.121 e. The fraction of sp³-hybridized carbons (Fsp3) is 0.625. The molecule has 2 fully saturated rings. The molecule has 0 amide bonds. The van der Waals surface area contributed by atoms with E-state index in [4.69, 9.17) is 11.6 Å². The summed E-state index contributed by atoms with van der Waals surface area (Å²) in [5.74, 6) is 0.313. The summed E-state index contributed by atoms with van der Waals surface area (Å²) in [6, 6.07) is 7.36. The zero-order valence-electron chi connectivity index (χ0n) is 12.0. The van der Waals surface area contributed by atoms with Crippen LogP contribution in [-0.4, -0.2) is 34.7 Å². The number of halogens is 1. The summed E-state index contributed by atoms with van der Waals surface area (Å²) >= 11 is 6.24.